The van der Waals surface area contributed by atoms with Crippen LogP contribution in [-0.2, 0) is 23.3 Å². The molecule has 0 fully saturated rings. The first-order valence-corrected chi connectivity index (χ1v) is 19.4. The molecule has 11 heteroatoms. The van der Waals surface area contributed by atoms with Crippen molar-refractivity contribution in [1.29, 1.82) is 0 Å². The average molecular weight is 762 g/mol. The number of unbranched alkanes of at least 4 members (excludes halogenated alkanes) is 5. The Morgan fingerprint density at radius 2 is 1.56 bits per heavy atom. The van der Waals surface area contributed by atoms with Crippen molar-refractivity contribution >= 4 is 49.1 Å². The van der Waals surface area contributed by atoms with Gasteiger partial charge >= 0.3 is 0 Å². The van der Waals surface area contributed by atoms with Crippen molar-refractivity contribution in [2.45, 2.75) is 57.9 Å². The van der Waals surface area contributed by atoms with E-state index in [1.807, 2.05) is 12.1 Å². The van der Waals surface area contributed by atoms with Crippen LogP contribution in [0.25, 0.3) is 11.1 Å². The minimum Gasteiger partial charge on any atom is -0.347 e. The summed E-state index contributed by atoms with van der Waals surface area (Å²) in [6.45, 7) is 1.38. The number of aromatic nitrogens is 1. The van der Waals surface area contributed by atoms with Crippen LogP contribution < -0.4 is 5.32 Å². The molecule has 256 valence electrons. The molecule has 1 atom stereocenters. The van der Waals surface area contributed by atoms with Gasteiger partial charge in [0.05, 0.1) is 23.1 Å². The molecule has 3 aromatic carbocycles. The van der Waals surface area contributed by atoms with Gasteiger partial charge in [-0.2, -0.15) is 0 Å². The minimum absolute atomic E-state index is 0.00796. The first-order valence-electron chi connectivity index (χ1n) is 15.9. The number of alkyl halides is 1. The molecule has 4 rings (SSSR count). The van der Waals surface area contributed by atoms with Crippen molar-refractivity contribution in [2.24, 2.45) is 7.05 Å². The van der Waals surface area contributed by atoms with Gasteiger partial charge in [0.15, 0.2) is 0 Å². The van der Waals surface area contributed by atoms with E-state index in [0.717, 1.165) is 48.5 Å². The number of hydrogen-bond donors (Lipinski definition) is 1. The van der Waals surface area contributed by atoms with Crippen molar-refractivity contribution in [2.75, 3.05) is 17.3 Å². The number of carbonyl (C=O) groups is 2. The highest BCUT2D eigenvalue weighted by Gasteiger charge is 2.31. The summed E-state index contributed by atoms with van der Waals surface area (Å²) >= 11 is 9.63. The molecule has 0 aliphatic heterocycles. The third-order valence-electron chi connectivity index (χ3n) is 8.33. The Labute approximate surface area is 294 Å². The number of rotatable bonds is 16. The molecule has 0 aliphatic rings. The lowest BCUT2D eigenvalue weighted by molar-refractivity contribution is 0.0940. The second-order valence-electron chi connectivity index (χ2n) is 12.2. The lowest BCUT2D eigenvalue weighted by Gasteiger charge is -2.19. The number of ketones is 1. The molecular weight excluding hydrogens is 722 g/mol. The Morgan fingerprint density at radius 1 is 0.917 bits per heavy atom. The van der Waals surface area contributed by atoms with E-state index >= 15 is 4.39 Å². The Balaban J connectivity index is 1.70. The summed E-state index contributed by atoms with van der Waals surface area (Å²) in [6.07, 6.45) is 10.3. The number of sulfone groups is 1. The molecule has 1 N–H and O–H groups in total. The number of carbonyl (C=O) groups excluding carboxylic acids is 2. The zero-order valence-electron chi connectivity index (χ0n) is 27.3. The van der Waals surface area contributed by atoms with E-state index in [9.17, 15) is 22.4 Å². The standard InChI is InChI=1S/C37H40BrClF2N2O4S/c1-24-30(40)18-19-31(41)33(24)34-29(37(45)42-32(23-48(3,46)47)27-12-10-13-28(39)21-27)22-43(2)35(34)36(44)26-16-14-25(15-17-26)11-8-6-4-5-7-9-20-38/h10,12-19,21-22,32H,4-9,11,20,23H2,1-3H3,(H,42,45). The van der Waals surface area contributed by atoms with Crippen LogP contribution in [0, 0.1) is 18.6 Å². The largest absolute Gasteiger partial charge is 0.347 e. The highest BCUT2D eigenvalue weighted by atomic mass is 79.9. The maximum Gasteiger partial charge on any atom is 0.253 e. The van der Waals surface area contributed by atoms with Crippen LogP contribution in [0.1, 0.15) is 87.7 Å². The monoisotopic (exact) mass is 760 g/mol. The molecule has 0 saturated carbocycles. The van der Waals surface area contributed by atoms with Crippen molar-refractivity contribution in [1.82, 2.24) is 9.88 Å². The van der Waals surface area contributed by atoms with E-state index in [1.165, 1.54) is 43.4 Å². The second kappa shape index (κ2) is 16.9. The molecule has 0 bridgehead atoms. The van der Waals surface area contributed by atoms with Crippen LogP contribution in [0.15, 0.2) is 66.9 Å². The lowest BCUT2D eigenvalue weighted by atomic mass is 9.92. The number of hydrogen-bond acceptors (Lipinski definition) is 4. The Kier molecular flexibility index (Phi) is 13.2. The summed E-state index contributed by atoms with van der Waals surface area (Å²) in [7, 11) is -2.04. The summed E-state index contributed by atoms with van der Waals surface area (Å²) in [5, 5.41) is 4.12. The van der Waals surface area contributed by atoms with Crippen LogP contribution in [0.5, 0.6) is 0 Å². The SMILES string of the molecule is Cc1c(F)ccc(F)c1-c1c(C(=O)NC(CS(C)(=O)=O)c2cccc(Cl)c2)cn(C)c1C(=O)c1ccc(CCCCCCCCBr)cc1. The van der Waals surface area contributed by atoms with E-state index in [1.54, 1.807) is 43.4 Å². The molecule has 6 nitrogen and oxygen atoms in total. The van der Waals surface area contributed by atoms with Gasteiger partial charge in [-0.3, -0.25) is 9.59 Å². The predicted octanol–water partition coefficient (Wildman–Crippen LogP) is 8.96. The van der Waals surface area contributed by atoms with Gasteiger partial charge in [0.2, 0.25) is 5.78 Å². The number of aryl methyl sites for hydroxylation is 2. The summed E-state index contributed by atoms with van der Waals surface area (Å²) in [5.41, 5.74) is 1.36. The van der Waals surface area contributed by atoms with Crippen molar-refractivity contribution in [3.8, 4) is 11.1 Å². The third-order valence-corrected chi connectivity index (χ3v) is 10.1. The van der Waals surface area contributed by atoms with Gasteiger partial charge in [0.1, 0.15) is 21.5 Å². The summed E-state index contributed by atoms with van der Waals surface area (Å²) in [4.78, 5) is 28.1. The number of benzene rings is 3. The Morgan fingerprint density at radius 3 is 2.21 bits per heavy atom. The average Bonchev–Trinajstić information content (AvgIpc) is 3.38. The van der Waals surface area contributed by atoms with Gasteiger partial charge in [-0.25, -0.2) is 17.2 Å². The van der Waals surface area contributed by atoms with Gasteiger partial charge in [-0.1, -0.05) is 89.6 Å². The number of nitrogens with zero attached hydrogens (tertiary/aromatic N) is 1. The zero-order chi connectivity index (χ0) is 35.0. The molecule has 0 spiro atoms. The number of nitrogens with one attached hydrogen (secondary N) is 1. The Bertz CT molecular complexity index is 1880. The summed E-state index contributed by atoms with van der Waals surface area (Å²) in [6, 6.07) is 14.6. The van der Waals surface area contributed by atoms with Crippen molar-refractivity contribution in [3.05, 3.63) is 117 Å². The van der Waals surface area contributed by atoms with Crippen LogP contribution >= 0.6 is 27.5 Å². The van der Waals surface area contributed by atoms with E-state index in [2.05, 4.69) is 21.2 Å². The van der Waals surface area contributed by atoms with E-state index in [4.69, 9.17) is 11.6 Å². The lowest BCUT2D eigenvalue weighted by Crippen LogP contribution is -2.33. The normalized spacial score (nSPS) is 12.2. The molecule has 1 aromatic heterocycles. The topological polar surface area (TPSA) is 85.2 Å². The number of halogens is 4. The molecule has 0 saturated heterocycles. The van der Waals surface area contributed by atoms with Gasteiger partial charge in [0, 0.05) is 46.5 Å². The molecular formula is C37H40BrClF2N2O4S. The van der Waals surface area contributed by atoms with E-state index < -0.39 is 45.0 Å². The molecule has 4 aromatic rings. The third kappa shape index (κ3) is 9.64. The highest BCUT2D eigenvalue weighted by Crippen LogP contribution is 2.36. The molecule has 0 aliphatic carbocycles. The van der Waals surface area contributed by atoms with Gasteiger partial charge in [-0.05, 0) is 67.1 Å². The van der Waals surface area contributed by atoms with Crippen LogP contribution in [-0.4, -0.2) is 42.0 Å². The fourth-order valence-corrected chi connectivity index (χ4v) is 7.34. The van der Waals surface area contributed by atoms with Crippen LogP contribution in [0.2, 0.25) is 5.02 Å². The summed E-state index contributed by atoms with van der Waals surface area (Å²) in [5.74, 6) is -3.20. The van der Waals surface area contributed by atoms with Gasteiger partial charge in [0.25, 0.3) is 5.91 Å². The minimum atomic E-state index is -3.59. The molecule has 48 heavy (non-hydrogen) atoms. The quantitative estimate of drug-likeness (QED) is 0.0702. The first-order chi connectivity index (χ1) is 22.8. The van der Waals surface area contributed by atoms with Crippen LogP contribution in [0.3, 0.4) is 0 Å². The maximum atomic E-state index is 15.6. The van der Waals surface area contributed by atoms with Crippen molar-refractivity contribution in [3.63, 3.8) is 0 Å². The fraction of sp³-hybridized carbons (Fsp3) is 0.351. The molecule has 0 radical (unpaired) electrons. The highest BCUT2D eigenvalue weighted by molar-refractivity contribution is 9.09. The Hall–Kier alpha value is -3.34. The summed E-state index contributed by atoms with van der Waals surface area (Å²) < 4.78 is 56.6. The molecule has 1 amide bonds. The van der Waals surface area contributed by atoms with Crippen molar-refractivity contribution < 1.29 is 26.8 Å². The van der Waals surface area contributed by atoms with E-state index in [0.29, 0.717) is 16.1 Å². The van der Waals surface area contributed by atoms with Gasteiger partial charge < -0.3 is 9.88 Å². The van der Waals surface area contributed by atoms with Gasteiger partial charge in [-0.15, -0.1) is 0 Å². The van der Waals surface area contributed by atoms with E-state index in [-0.39, 0.29) is 27.9 Å². The fourth-order valence-electron chi connectivity index (χ4n) is 5.86. The molecule has 1 heterocycles. The number of amides is 1. The van der Waals surface area contributed by atoms with Crippen LogP contribution in [0.4, 0.5) is 8.78 Å². The maximum absolute atomic E-state index is 15.6. The molecule has 1 unspecified atom stereocenters. The second-order valence-corrected chi connectivity index (χ2v) is 15.6. The predicted molar refractivity (Wildman–Crippen MR) is 192 cm³/mol. The zero-order valence-corrected chi connectivity index (χ0v) is 30.5. The first kappa shape index (κ1) is 37.5. The smallest absolute Gasteiger partial charge is 0.253 e.